The second kappa shape index (κ2) is 3.72. The van der Waals surface area contributed by atoms with Crippen LogP contribution in [0.4, 0.5) is 0 Å². The molecule has 0 aromatic heterocycles. The molecular formula is C8H13NO4. The summed E-state index contributed by atoms with van der Waals surface area (Å²) in [6.45, 7) is 1.96. The van der Waals surface area contributed by atoms with Gasteiger partial charge in [0.1, 0.15) is 0 Å². The van der Waals surface area contributed by atoms with Crippen LogP contribution in [0.5, 0.6) is 0 Å². The van der Waals surface area contributed by atoms with Crippen molar-refractivity contribution in [1.82, 2.24) is 0 Å². The average molecular weight is 187 g/mol. The van der Waals surface area contributed by atoms with Crippen molar-refractivity contribution in [3.8, 4) is 0 Å². The largest absolute Gasteiger partial charge is 0.466 e. The Morgan fingerprint density at radius 2 is 2.23 bits per heavy atom. The first-order chi connectivity index (χ1) is 6.08. The third-order valence-corrected chi connectivity index (χ3v) is 2.25. The molecule has 1 saturated carbocycles. The van der Waals surface area contributed by atoms with Crippen LogP contribution in [0.25, 0.3) is 0 Å². The van der Waals surface area contributed by atoms with Gasteiger partial charge in [0.25, 0.3) is 0 Å². The summed E-state index contributed by atoms with van der Waals surface area (Å²) < 4.78 is 4.74. The first kappa shape index (κ1) is 9.95. The molecule has 1 aliphatic rings. The fourth-order valence-corrected chi connectivity index (χ4v) is 1.36. The maximum Gasteiger partial charge on any atom is 0.306 e. The number of ether oxygens (including phenoxy) is 1. The number of hydrogen-bond donors (Lipinski definition) is 0. The number of hydrogen-bond acceptors (Lipinski definition) is 4. The van der Waals surface area contributed by atoms with Crippen molar-refractivity contribution in [2.24, 2.45) is 5.41 Å². The van der Waals surface area contributed by atoms with Crippen molar-refractivity contribution in [2.75, 3.05) is 13.2 Å². The normalized spacial score (nSPS) is 17.9. The lowest BCUT2D eigenvalue weighted by atomic mass is 10.0. The minimum absolute atomic E-state index is 0.105. The van der Waals surface area contributed by atoms with Crippen LogP contribution in [0.15, 0.2) is 0 Å². The van der Waals surface area contributed by atoms with Crippen molar-refractivity contribution in [2.45, 2.75) is 26.2 Å². The van der Waals surface area contributed by atoms with Gasteiger partial charge >= 0.3 is 5.97 Å². The highest BCUT2D eigenvalue weighted by molar-refractivity contribution is 5.70. The van der Waals surface area contributed by atoms with Crippen molar-refractivity contribution in [3.63, 3.8) is 0 Å². The Balaban J connectivity index is 2.34. The van der Waals surface area contributed by atoms with E-state index in [0.29, 0.717) is 6.61 Å². The van der Waals surface area contributed by atoms with E-state index in [9.17, 15) is 14.9 Å². The number of rotatable bonds is 5. The molecule has 0 saturated heterocycles. The Morgan fingerprint density at radius 1 is 1.62 bits per heavy atom. The summed E-state index contributed by atoms with van der Waals surface area (Å²) in [6.07, 6.45) is 1.74. The van der Waals surface area contributed by atoms with Crippen LogP contribution in [0.3, 0.4) is 0 Å². The first-order valence-corrected chi connectivity index (χ1v) is 4.35. The van der Waals surface area contributed by atoms with Gasteiger partial charge in [-0.05, 0) is 19.8 Å². The summed E-state index contributed by atoms with van der Waals surface area (Å²) in [5, 5.41) is 10.2. The molecule has 0 aromatic carbocycles. The highest BCUT2D eigenvalue weighted by Crippen LogP contribution is 2.48. The maximum absolute atomic E-state index is 11.0. The summed E-state index contributed by atoms with van der Waals surface area (Å²) in [5.74, 6) is -0.318. The third-order valence-electron chi connectivity index (χ3n) is 2.25. The Bertz CT molecular complexity index is 222. The van der Waals surface area contributed by atoms with Gasteiger partial charge in [-0.1, -0.05) is 0 Å². The van der Waals surface area contributed by atoms with Gasteiger partial charge < -0.3 is 4.74 Å². The van der Waals surface area contributed by atoms with Crippen LogP contribution in [0.2, 0.25) is 0 Å². The highest BCUT2D eigenvalue weighted by Gasteiger charge is 2.49. The Morgan fingerprint density at radius 3 is 2.62 bits per heavy atom. The molecule has 0 aliphatic heterocycles. The predicted molar refractivity (Wildman–Crippen MR) is 44.8 cm³/mol. The van der Waals surface area contributed by atoms with Gasteiger partial charge in [-0.2, -0.15) is 0 Å². The summed E-state index contributed by atoms with van der Waals surface area (Å²) in [6, 6.07) is 0. The van der Waals surface area contributed by atoms with Crippen LogP contribution >= 0.6 is 0 Å². The zero-order valence-corrected chi connectivity index (χ0v) is 7.62. The maximum atomic E-state index is 11.0. The molecule has 74 valence electrons. The molecular weight excluding hydrogens is 174 g/mol. The van der Waals surface area contributed by atoms with E-state index in [2.05, 4.69) is 0 Å². The number of nitro groups is 1. The molecule has 0 aromatic rings. The fourth-order valence-electron chi connectivity index (χ4n) is 1.36. The molecule has 13 heavy (non-hydrogen) atoms. The number of esters is 1. The summed E-state index contributed by atoms with van der Waals surface area (Å²) in [7, 11) is 0. The minimum atomic E-state index is -0.379. The van der Waals surface area contributed by atoms with Gasteiger partial charge in [0.2, 0.25) is 6.54 Å². The monoisotopic (exact) mass is 187 g/mol. The molecule has 0 spiro atoms. The molecule has 1 fully saturated rings. The molecule has 0 radical (unpaired) electrons. The van der Waals surface area contributed by atoms with Crippen LogP contribution < -0.4 is 0 Å². The zero-order chi connectivity index (χ0) is 9.90. The number of carbonyl (C=O) groups excluding carboxylic acids is 1. The molecule has 0 N–H and O–H groups in total. The van der Waals surface area contributed by atoms with Gasteiger partial charge in [-0.25, -0.2) is 0 Å². The number of nitrogens with zero attached hydrogens (tertiary/aromatic N) is 1. The topological polar surface area (TPSA) is 69.4 Å². The Kier molecular flexibility index (Phi) is 2.85. The van der Waals surface area contributed by atoms with E-state index in [1.54, 1.807) is 6.92 Å². The molecule has 0 unspecified atom stereocenters. The smallest absolute Gasteiger partial charge is 0.306 e. The molecule has 0 atom stereocenters. The second-order valence-corrected chi connectivity index (χ2v) is 3.47. The van der Waals surface area contributed by atoms with E-state index in [0.717, 1.165) is 12.8 Å². The molecule has 1 rings (SSSR count). The molecule has 1 aliphatic carbocycles. The molecule has 0 heterocycles. The van der Waals surface area contributed by atoms with E-state index in [-0.39, 0.29) is 29.3 Å². The van der Waals surface area contributed by atoms with Gasteiger partial charge in [0.15, 0.2) is 0 Å². The average Bonchev–Trinajstić information content (AvgIpc) is 2.67. The van der Waals surface area contributed by atoms with Crippen molar-refractivity contribution < 1.29 is 14.5 Å². The predicted octanol–water partition coefficient (Wildman–Crippen LogP) is 0.996. The van der Waals surface area contributed by atoms with Crippen LogP contribution in [-0.4, -0.2) is 24.0 Å². The van der Waals surface area contributed by atoms with Gasteiger partial charge in [0, 0.05) is 10.3 Å². The van der Waals surface area contributed by atoms with E-state index in [4.69, 9.17) is 4.74 Å². The second-order valence-electron chi connectivity index (χ2n) is 3.47. The lowest BCUT2D eigenvalue weighted by Crippen LogP contribution is -2.20. The molecule has 0 amide bonds. The summed E-state index contributed by atoms with van der Waals surface area (Å²) in [4.78, 5) is 20.9. The SMILES string of the molecule is CCOC(=O)CC1(C[N+](=O)[O-])CC1. The van der Waals surface area contributed by atoms with Gasteiger partial charge in [0.05, 0.1) is 13.0 Å². The van der Waals surface area contributed by atoms with E-state index >= 15 is 0 Å². The van der Waals surface area contributed by atoms with Crippen molar-refractivity contribution >= 4 is 5.97 Å². The minimum Gasteiger partial charge on any atom is -0.466 e. The van der Waals surface area contributed by atoms with Crippen molar-refractivity contribution in [1.29, 1.82) is 0 Å². The standard InChI is InChI=1S/C8H13NO4/c1-2-13-7(10)5-8(3-4-8)6-9(11)12/h2-6H2,1H3. The first-order valence-electron chi connectivity index (χ1n) is 4.35. The summed E-state index contributed by atoms with van der Waals surface area (Å²) >= 11 is 0. The summed E-state index contributed by atoms with van der Waals surface area (Å²) in [5.41, 5.74) is -0.379. The van der Waals surface area contributed by atoms with Crippen LogP contribution in [0.1, 0.15) is 26.2 Å². The van der Waals surface area contributed by atoms with Crippen LogP contribution in [-0.2, 0) is 9.53 Å². The fraction of sp³-hybridized carbons (Fsp3) is 0.875. The third kappa shape index (κ3) is 3.01. The number of carbonyl (C=O) groups is 1. The van der Waals surface area contributed by atoms with Crippen LogP contribution in [0, 0.1) is 15.5 Å². The lowest BCUT2D eigenvalue weighted by Gasteiger charge is -2.08. The quantitative estimate of drug-likeness (QED) is 0.365. The van der Waals surface area contributed by atoms with E-state index in [1.165, 1.54) is 0 Å². The van der Waals surface area contributed by atoms with Crippen molar-refractivity contribution in [3.05, 3.63) is 10.1 Å². The molecule has 5 nitrogen and oxygen atoms in total. The van der Waals surface area contributed by atoms with Gasteiger partial charge in [-0.3, -0.25) is 14.9 Å². The lowest BCUT2D eigenvalue weighted by molar-refractivity contribution is -0.491. The molecule has 5 heteroatoms. The Hall–Kier alpha value is -1.13. The van der Waals surface area contributed by atoms with Gasteiger partial charge in [-0.15, -0.1) is 0 Å². The highest BCUT2D eigenvalue weighted by atomic mass is 16.6. The zero-order valence-electron chi connectivity index (χ0n) is 7.62. The van der Waals surface area contributed by atoms with E-state index < -0.39 is 0 Å². The Labute approximate surface area is 76.2 Å². The van der Waals surface area contributed by atoms with E-state index in [1.807, 2.05) is 0 Å². The molecule has 0 bridgehead atoms.